The summed E-state index contributed by atoms with van der Waals surface area (Å²) in [6, 6.07) is 0. The Morgan fingerprint density at radius 2 is 1.00 bits per heavy atom. The molecule has 0 saturated carbocycles. The minimum absolute atomic E-state index is 0.936. The Kier molecular flexibility index (Phi) is 13.7. The van der Waals surface area contributed by atoms with E-state index in [1.807, 2.05) is 0 Å². The fourth-order valence-electron chi connectivity index (χ4n) is 2.78. The van der Waals surface area contributed by atoms with Gasteiger partial charge in [0.05, 0.1) is 0 Å². The van der Waals surface area contributed by atoms with Crippen molar-refractivity contribution in [2.75, 3.05) is 10.7 Å². The van der Waals surface area contributed by atoms with Gasteiger partial charge < -0.3 is 0 Å². The Hall–Kier alpha value is 0.960. The summed E-state index contributed by atoms with van der Waals surface area (Å²) in [5.41, 5.74) is 0. The Bertz CT molecular complexity index is 170. The smallest absolute Gasteiger partial charge is 0.00339 e. The predicted octanol–water partition coefficient (Wildman–Crippen LogP) is 6.81. The first-order valence-electron chi connectivity index (χ1n) is 7.83. The monoisotopic (exact) mass is 382 g/mol. The van der Waals surface area contributed by atoms with Crippen LogP contribution in [0.1, 0.15) is 72.1 Å². The van der Waals surface area contributed by atoms with Crippen molar-refractivity contribution in [2.45, 2.75) is 72.1 Å². The van der Waals surface area contributed by atoms with E-state index in [9.17, 15) is 0 Å². The molecule has 0 aliphatic heterocycles. The van der Waals surface area contributed by atoms with Crippen molar-refractivity contribution in [3.05, 3.63) is 0 Å². The first-order valence-corrected chi connectivity index (χ1v) is 10.1. The molecule has 0 aliphatic carbocycles. The molecule has 0 aliphatic rings. The van der Waals surface area contributed by atoms with Crippen molar-refractivity contribution in [3.8, 4) is 0 Å². The van der Waals surface area contributed by atoms with Crippen LogP contribution in [0.4, 0.5) is 0 Å². The molecule has 3 atom stereocenters. The standard InChI is InChI=1S/C16H32Br2/c1-4-14(9-11-17)7-8-15(5-2)13-16(6-3)10-12-18/h14-16H,4-13H2,1-3H3. The van der Waals surface area contributed by atoms with Gasteiger partial charge in [0.15, 0.2) is 0 Å². The summed E-state index contributed by atoms with van der Waals surface area (Å²) in [5.74, 6) is 2.83. The minimum Gasteiger partial charge on any atom is -0.0928 e. The number of hydrogen-bond acceptors (Lipinski definition) is 0. The molecule has 0 spiro atoms. The third kappa shape index (κ3) is 8.96. The normalized spacial score (nSPS) is 16.5. The van der Waals surface area contributed by atoms with E-state index in [1.165, 1.54) is 62.0 Å². The Balaban J connectivity index is 4.00. The Morgan fingerprint density at radius 1 is 0.611 bits per heavy atom. The highest BCUT2D eigenvalue weighted by atomic mass is 79.9. The van der Waals surface area contributed by atoms with Crippen LogP contribution in [0.25, 0.3) is 0 Å². The molecule has 0 aromatic rings. The summed E-state index contributed by atoms with van der Waals surface area (Å²) in [7, 11) is 0. The van der Waals surface area contributed by atoms with Gasteiger partial charge in [-0.3, -0.25) is 0 Å². The lowest BCUT2D eigenvalue weighted by Crippen LogP contribution is -2.11. The lowest BCUT2D eigenvalue weighted by atomic mass is 9.84. The molecule has 0 aromatic heterocycles. The molecule has 0 amide bonds. The van der Waals surface area contributed by atoms with Crippen LogP contribution >= 0.6 is 31.9 Å². The third-order valence-electron chi connectivity index (χ3n) is 4.42. The number of halogens is 2. The maximum atomic E-state index is 3.59. The van der Waals surface area contributed by atoms with Crippen molar-refractivity contribution >= 4 is 31.9 Å². The van der Waals surface area contributed by atoms with Crippen molar-refractivity contribution in [3.63, 3.8) is 0 Å². The van der Waals surface area contributed by atoms with E-state index in [2.05, 4.69) is 52.6 Å². The molecular formula is C16H32Br2. The second-order valence-electron chi connectivity index (χ2n) is 5.59. The fourth-order valence-corrected chi connectivity index (χ4v) is 4.08. The summed E-state index contributed by atoms with van der Waals surface area (Å²) in [6.07, 6.45) is 11.1. The van der Waals surface area contributed by atoms with Crippen molar-refractivity contribution in [1.82, 2.24) is 0 Å². The SMILES string of the molecule is CCC(CCBr)CCC(CC)CC(CC)CCBr. The van der Waals surface area contributed by atoms with Crippen LogP contribution in [0.15, 0.2) is 0 Å². The van der Waals surface area contributed by atoms with E-state index in [-0.39, 0.29) is 0 Å². The maximum Gasteiger partial charge on any atom is 0.00339 e. The molecule has 0 aromatic carbocycles. The first-order chi connectivity index (χ1) is 8.71. The molecule has 3 unspecified atom stereocenters. The quantitative estimate of drug-likeness (QED) is 0.325. The first kappa shape index (κ1) is 19.0. The molecule has 110 valence electrons. The van der Waals surface area contributed by atoms with E-state index in [0.717, 1.165) is 17.8 Å². The van der Waals surface area contributed by atoms with E-state index in [1.54, 1.807) is 0 Å². The van der Waals surface area contributed by atoms with Crippen LogP contribution in [0.5, 0.6) is 0 Å². The van der Waals surface area contributed by atoms with Gasteiger partial charge in [-0.15, -0.1) is 0 Å². The van der Waals surface area contributed by atoms with E-state index in [0.29, 0.717) is 0 Å². The third-order valence-corrected chi connectivity index (χ3v) is 5.33. The van der Waals surface area contributed by atoms with Crippen LogP contribution in [0.2, 0.25) is 0 Å². The van der Waals surface area contributed by atoms with Gasteiger partial charge in [0.25, 0.3) is 0 Å². The van der Waals surface area contributed by atoms with Crippen molar-refractivity contribution in [1.29, 1.82) is 0 Å². The van der Waals surface area contributed by atoms with E-state index < -0.39 is 0 Å². The number of rotatable bonds is 12. The van der Waals surface area contributed by atoms with Gasteiger partial charge in [0.2, 0.25) is 0 Å². The molecule has 0 heterocycles. The second kappa shape index (κ2) is 13.0. The largest absolute Gasteiger partial charge is 0.0928 e. The molecule has 0 saturated heterocycles. The summed E-state index contributed by atoms with van der Waals surface area (Å²) in [4.78, 5) is 0. The highest BCUT2D eigenvalue weighted by Gasteiger charge is 2.15. The van der Waals surface area contributed by atoms with Gasteiger partial charge in [-0.1, -0.05) is 84.7 Å². The van der Waals surface area contributed by atoms with Gasteiger partial charge in [-0.2, -0.15) is 0 Å². The van der Waals surface area contributed by atoms with Crippen LogP contribution in [-0.4, -0.2) is 10.7 Å². The molecule has 2 heteroatoms. The zero-order valence-electron chi connectivity index (χ0n) is 12.6. The average Bonchev–Trinajstić information content (AvgIpc) is 2.40. The van der Waals surface area contributed by atoms with Crippen molar-refractivity contribution in [2.24, 2.45) is 17.8 Å². The zero-order valence-corrected chi connectivity index (χ0v) is 15.7. The molecule has 0 fully saturated rings. The molecule has 0 rings (SSSR count). The van der Waals surface area contributed by atoms with Crippen LogP contribution in [-0.2, 0) is 0 Å². The predicted molar refractivity (Wildman–Crippen MR) is 92.0 cm³/mol. The topological polar surface area (TPSA) is 0 Å². The molecule has 0 N–H and O–H groups in total. The van der Waals surface area contributed by atoms with Gasteiger partial charge in [-0.25, -0.2) is 0 Å². The summed E-state index contributed by atoms with van der Waals surface area (Å²) in [5, 5.41) is 2.34. The summed E-state index contributed by atoms with van der Waals surface area (Å²) < 4.78 is 0. The van der Waals surface area contributed by atoms with Crippen molar-refractivity contribution < 1.29 is 0 Å². The average molecular weight is 384 g/mol. The highest BCUT2D eigenvalue weighted by Crippen LogP contribution is 2.28. The number of alkyl halides is 2. The van der Waals surface area contributed by atoms with Crippen LogP contribution in [0, 0.1) is 17.8 Å². The van der Waals surface area contributed by atoms with Gasteiger partial charge in [0, 0.05) is 10.7 Å². The molecule has 0 nitrogen and oxygen atoms in total. The van der Waals surface area contributed by atoms with Gasteiger partial charge >= 0.3 is 0 Å². The molecule has 18 heavy (non-hydrogen) atoms. The minimum atomic E-state index is 0.936. The Morgan fingerprint density at radius 3 is 1.44 bits per heavy atom. The summed E-state index contributed by atoms with van der Waals surface area (Å²) in [6.45, 7) is 7.06. The number of hydrogen-bond donors (Lipinski definition) is 0. The highest BCUT2D eigenvalue weighted by molar-refractivity contribution is 9.09. The maximum absolute atomic E-state index is 3.59. The summed E-state index contributed by atoms with van der Waals surface area (Å²) >= 11 is 7.17. The molecular weight excluding hydrogens is 352 g/mol. The lowest BCUT2D eigenvalue weighted by molar-refractivity contribution is 0.301. The van der Waals surface area contributed by atoms with E-state index >= 15 is 0 Å². The molecule has 0 bridgehead atoms. The van der Waals surface area contributed by atoms with E-state index in [4.69, 9.17) is 0 Å². The van der Waals surface area contributed by atoms with Crippen LogP contribution < -0.4 is 0 Å². The van der Waals surface area contributed by atoms with Gasteiger partial charge in [-0.05, 0) is 37.0 Å². The molecule has 0 radical (unpaired) electrons. The lowest BCUT2D eigenvalue weighted by Gasteiger charge is -2.23. The zero-order chi connectivity index (χ0) is 13.8. The van der Waals surface area contributed by atoms with Gasteiger partial charge in [0.1, 0.15) is 0 Å². The second-order valence-corrected chi connectivity index (χ2v) is 7.18. The Labute approximate surface area is 132 Å². The fraction of sp³-hybridized carbons (Fsp3) is 1.00. The van der Waals surface area contributed by atoms with Crippen LogP contribution in [0.3, 0.4) is 0 Å².